The Labute approximate surface area is 190 Å². The monoisotopic (exact) mass is 429 g/mol. The van der Waals surface area contributed by atoms with Crippen LogP contribution in [0.15, 0.2) is 78.9 Å². The van der Waals surface area contributed by atoms with Crippen LogP contribution in [0.2, 0.25) is 0 Å². The Hall–Kier alpha value is -3.11. The summed E-state index contributed by atoms with van der Waals surface area (Å²) in [5.74, 6) is 0.927. The van der Waals surface area contributed by atoms with Crippen molar-refractivity contribution in [3.8, 4) is 16.9 Å². The highest BCUT2D eigenvalue weighted by Gasteiger charge is 2.34. The normalized spacial score (nSPS) is 15.2. The first-order chi connectivity index (χ1) is 15.7. The summed E-state index contributed by atoms with van der Waals surface area (Å²) in [6.45, 7) is 4.68. The number of rotatable bonds is 8. The van der Waals surface area contributed by atoms with Gasteiger partial charge in [-0.05, 0) is 54.2 Å². The molecule has 4 heteroatoms. The third-order valence-electron chi connectivity index (χ3n) is 6.28. The number of ether oxygens (including phenoxy) is 2. The van der Waals surface area contributed by atoms with Gasteiger partial charge in [-0.3, -0.25) is 4.79 Å². The largest absolute Gasteiger partial charge is 0.494 e. The lowest BCUT2D eigenvalue weighted by atomic mass is 9.74. The SMILES string of the molecule is CCOc1ccc(C2(CNC(=O)Cc3ccc(-c4ccccc4)cc3)CCOCC2)cc1. The van der Waals surface area contributed by atoms with E-state index in [4.69, 9.17) is 9.47 Å². The predicted molar refractivity (Wildman–Crippen MR) is 128 cm³/mol. The topological polar surface area (TPSA) is 47.6 Å². The van der Waals surface area contributed by atoms with Crippen molar-refractivity contribution < 1.29 is 14.3 Å². The number of hydrogen-bond acceptors (Lipinski definition) is 3. The molecule has 4 rings (SSSR count). The van der Waals surface area contributed by atoms with E-state index in [1.165, 1.54) is 11.1 Å². The van der Waals surface area contributed by atoms with Gasteiger partial charge in [0, 0.05) is 25.2 Å². The predicted octanol–water partition coefficient (Wildman–Crippen LogP) is 5.16. The molecular weight excluding hydrogens is 398 g/mol. The van der Waals surface area contributed by atoms with Crippen LogP contribution in [0.25, 0.3) is 11.1 Å². The average Bonchev–Trinajstić information content (AvgIpc) is 2.85. The molecule has 1 aliphatic heterocycles. The van der Waals surface area contributed by atoms with Gasteiger partial charge in [0.15, 0.2) is 0 Å². The number of nitrogens with one attached hydrogen (secondary N) is 1. The third kappa shape index (κ3) is 5.38. The fourth-order valence-corrected chi connectivity index (χ4v) is 4.36. The zero-order chi connectivity index (χ0) is 22.2. The Bertz CT molecular complexity index is 991. The maximum absolute atomic E-state index is 12.8. The molecule has 0 radical (unpaired) electrons. The number of carbonyl (C=O) groups excluding carboxylic acids is 1. The molecule has 4 nitrogen and oxygen atoms in total. The van der Waals surface area contributed by atoms with Gasteiger partial charge in [-0.15, -0.1) is 0 Å². The second-order valence-electron chi connectivity index (χ2n) is 8.37. The molecule has 0 atom stereocenters. The lowest BCUT2D eigenvalue weighted by molar-refractivity contribution is -0.120. The van der Waals surface area contributed by atoms with Gasteiger partial charge in [0.2, 0.25) is 5.91 Å². The molecule has 166 valence electrons. The first-order valence-electron chi connectivity index (χ1n) is 11.4. The summed E-state index contributed by atoms with van der Waals surface area (Å²) in [4.78, 5) is 12.8. The van der Waals surface area contributed by atoms with Crippen LogP contribution in [0.3, 0.4) is 0 Å². The maximum Gasteiger partial charge on any atom is 0.224 e. The van der Waals surface area contributed by atoms with Gasteiger partial charge >= 0.3 is 0 Å². The summed E-state index contributed by atoms with van der Waals surface area (Å²) >= 11 is 0. The van der Waals surface area contributed by atoms with E-state index in [0.717, 1.165) is 29.7 Å². The van der Waals surface area contributed by atoms with Crippen LogP contribution in [0.1, 0.15) is 30.9 Å². The van der Waals surface area contributed by atoms with E-state index in [0.29, 0.717) is 32.8 Å². The Morgan fingerprint density at radius 3 is 2.22 bits per heavy atom. The fourth-order valence-electron chi connectivity index (χ4n) is 4.36. The molecule has 1 amide bonds. The smallest absolute Gasteiger partial charge is 0.224 e. The van der Waals surface area contributed by atoms with Crippen LogP contribution in [0.5, 0.6) is 5.75 Å². The summed E-state index contributed by atoms with van der Waals surface area (Å²) < 4.78 is 11.2. The zero-order valence-electron chi connectivity index (χ0n) is 18.7. The fraction of sp³-hybridized carbons (Fsp3) is 0.321. The zero-order valence-corrected chi connectivity index (χ0v) is 18.7. The van der Waals surface area contributed by atoms with Crippen molar-refractivity contribution >= 4 is 5.91 Å². The molecule has 0 unspecified atom stereocenters. The summed E-state index contributed by atoms with van der Waals surface area (Å²) in [7, 11) is 0. The molecule has 1 N–H and O–H groups in total. The van der Waals surface area contributed by atoms with Crippen LogP contribution < -0.4 is 10.1 Å². The van der Waals surface area contributed by atoms with Crippen molar-refractivity contribution in [1.82, 2.24) is 5.32 Å². The Balaban J connectivity index is 1.39. The van der Waals surface area contributed by atoms with Crippen molar-refractivity contribution in [3.05, 3.63) is 90.0 Å². The first kappa shape index (κ1) is 22.1. The molecule has 0 aromatic heterocycles. The molecule has 32 heavy (non-hydrogen) atoms. The van der Waals surface area contributed by atoms with Crippen LogP contribution >= 0.6 is 0 Å². The molecule has 0 aliphatic carbocycles. The van der Waals surface area contributed by atoms with Crippen LogP contribution in [-0.4, -0.2) is 32.3 Å². The van der Waals surface area contributed by atoms with E-state index in [2.05, 4.69) is 41.7 Å². The summed E-state index contributed by atoms with van der Waals surface area (Å²) in [5, 5.41) is 3.20. The molecule has 1 aliphatic rings. The van der Waals surface area contributed by atoms with Crippen molar-refractivity contribution in [2.75, 3.05) is 26.4 Å². The van der Waals surface area contributed by atoms with Crippen molar-refractivity contribution in [2.45, 2.75) is 31.6 Å². The minimum Gasteiger partial charge on any atom is -0.494 e. The van der Waals surface area contributed by atoms with E-state index in [1.807, 2.05) is 49.4 Å². The molecular formula is C28H31NO3. The second kappa shape index (κ2) is 10.5. The highest BCUT2D eigenvalue weighted by molar-refractivity contribution is 5.79. The Kier molecular flexibility index (Phi) is 7.23. The molecule has 3 aromatic rings. The van der Waals surface area contributed by atoms with Gasteiger partial charge in [-0.1, -0.05) is 66.7 Å². The van der Waals surface area contributed by atoms with E-state index in [9.17, 15) is 4.79 Å². The van der Waals surface area contributed by atoms with Crippen LogP contribution in [0, 0.1) is 0 Å². The molecule has 0 spiro atoms. The summed E-state index contributed by atoms with van der Waals surface area (Å²) in [6, 6.07) is 26.8. The van der Waals surface area contributed by atoms with Gasteiger partial charge < -0.3 is 14.8 Å². The van der Waals surface area contributed by atoms with Crippen LogP contribution in [-0.2, 0) is 21.4 Å². The quantitative estimate of drug-likeness (QED) is 0.538. The lowest BCUT2D eigenvalue weighted by Crippen LogP contribution is -2.45. The van der Waals surface area contributed by atoms with Gasteiger partial charge in [0.05, 0.1) is 13.0 Å². The van der Waals surface area contributed by atoms with Crippen LogP contribution in [0.4, 0.5) is 0 Å². The second-order valence-corrected chi connectivity index (χ2v) is 8.37. The van der Waals surface area contributed by atoms with Gasteiger partial charge in [-0.2, -0.15) is 0 Å². The van der Waals surface area contributed by atoms with E-state index in [-0.39, 0.29) is 11.3 Å². The average molecular weight is 430 g/mol. The molecule has 1 heterocycles. The van der Waals surface area contributed by atoms with Gasteiger partial charge in [0.25, 0.3) is 0 Å². The lowest BCUT2D eigenvalue weighted by Gasteiger charge is -2.38. The number of benzene rings is 3. The molecule has 1 saturated heterocycles. The van der Waals surface area contributed by atoms with Crippen molar-refractivity contribution in [1.29, 1.82) is 0 Å². The Morgan fingerprint density at radius 2 is 1.56 bits per heavy atom. The molecule has 1 fully saturated rings. The highest BCUT2D eigenvalue weighted by Crippen LogP contribution is 2.35. The molecule has 0 saturated carbocycles. The molecule has 0 bridgehead atoms. The standard InChI is InChI=1S/C28H31NO3/c1-2-32-26-14-12-25(13-15-26)28(16-18-31-19-17-28)21-29-27(30)20-22-8-10-24(11-9-22)23-6-4-3-5-7-23/h3-15H,2,16-21H2,1H3,(H,29,30). The summed E-state index contributed by atoms with van der Waals surface area (Å²) in [5.41, 5.74) is 4.49. The van der Waals surface area contributed by atoms with E-state index < -0.39 is 0 Å². The minimum atomic E-state index is -0.101. The van der Waals surface area contributed by atoms with E-state index >= 15 is 0 Å². The van der Waals surface area contributed by atoms with Crippen molar-refractivity contribution in [3.63, 3.8) is 0 Å². The highest BCUT2D eigenvalue weighted by atomic mass is 16.5. The number of carbonyl (C=O) groups is 1. The minimum absolute atomic E-state index is 0.0502. The summed E-state index contributed by atoms with van der Waals surface area (Å²) in [6.07, 6.45) is 2.17. The Morgan fingerprint density at radius 1 is 0.906 bits per heavy atom. The van der Waals surface area contributed by atoms with Gasteiger partial charge in [-0.25, -0.2) is 0 Å². The van der Waals surface area contributed by atoms with E-state index in [1.54, 1.807) is 0 Å². The molecule has 3 aromatic carbocycles. The third-order valence-corrected chi connectivity index (χ3v) is 6.28. The van der Waals surface area contributed by atoms with Crippen molar-refractivity contribution in [2.24, 2.45) is 0 Å². The number of hydrogen-bond donors (Lipinski definition) is 1. The number of amides is 1. The maximum atomic E-state index is 12.8. The first-order valence-corrected chi connectivity index (χ1v) is 11.4. The van der Waals surface area contributed by atoms with Gasteiger partial charge in [0.1, 0.15) is 5.75 Å².